The van der Waals surface area contributed by atoms with Gasteiger partial charge in [0.25, 0.3) is 0 Å². The average Bonchev–Trinajstić information content (AvgIpc) is 2.83. The van der Waals surface area contributed by atoms with Gasteiger partial charge >= 0.3 is 0 Å². The Balaban J connectivity index is 0.00000169. The highest BCUT2D eigenvalue weighted by Gasteiger charge is 2.19. The number of fused-ring (bicyclic) bond motifs is 1. The second kappa shape index (κ2) is 7.33. The van der Waals surface area contributed by atoms with Gasteiger partial charge in [-0.3, -0.25) is 4.99 Å². The first-order chi connectivity index (χ1) is 11.4. The van der Waals surface area contributed by atoms with Gasteiger partial charge in [0.2, 0.25) is 0 Å². The SMILES string of the molecule is Cl.c1ccc(C2=NC(c3ccccc3)Cc3ccccc3N2)cc1. The lowest BCUT2D eigenvalue weighted by Gasteiger charge is -2.12. The van der Waals surface area contributed by atoms with Crippen molar-refractivity contribution in [2.24, 2.45) is 4.99 Å². The number of hydrogen-bond acceptors (Lipinski definition) is 2. The molecule has 3 aromatic carbocycles. The molecule has 0 aromatic heterocycles. The van der Waals surface area contributed by atoms with Crippen LogP contribution in [0, 0.1) is 0 Å². The molecule has 0 spiro atoms. The zero-order valence-electron chi connectivity index (χ0n) is 13.2. The summed E-state index contributed by atoms with van der Waals surface area (Å²) in [6, 6.07) is 29.4. The fourth-order valence-corrected chi connectivity index (χ4v) is 3.00. The summed E-state index contributed by atoms with van der Waals surface area (Å²) >= 11 is 0. The summed E-state index contributed by atoms with van der Waals surface area (Å²) in [5.41, 5.74) is 4.81. The molecule has 1 aliphatic heterocycles. The van der Waals surface area contributed by atoms with Crippen molar-refractivity contribution in [2.45, 2.75) is 12.5 Å². The quantitative estimate of drug-likeness (QED) is 0.678. The van der Waals surface area contributed by atoms with Gasteiger partial charge in [-0.2, -0.15) is 0 Å². The van der Waals surface area contributed by atoms with E-state index in [-0.39, 0.29) is 18.4 Å². The molecule has 3 aromatic rings. The van der Waals surface area contributed by atoms with Crippen LogP contribution in [-0.2, 0) is 6.42 Å². The summed E-state index contributed by atoms with van der Waals surface area (Å²) in [5, 5.41) is 3.53. The van der Waals surface area contributed by atoms with E-state index < -0.39 is 0 Å². The number of halogens is 1. The minimum Gasteiger partial charge on any atom is -0.340 e. The van der Waals surface area contributed by atoms with Crippen molar-refractivity contribution in [1.29, 1.82) is 0 Å². The molecule has 1 N–H and O–H groups in total. The highest BCUT2D eigenvalue weighted by molar-refractivity contribution is 6.09. The number of para-hydroxylation sites is 1. The van der Waals surface area contributed by atoms with Gasteiger partial charge in [0.15, 0.2) is 0 Å². The number of nitrogens with zero attached hydrogens (tertiary/aromatic N) is 1. The van der Waals surface area contributed by atoms with Crippen molar-refractivity contribution in [3.63, 3.8) is 0 Å². The van der Waals surface area contributed by atoms with E-state index in [0.717, 1.165) is 23.5 Å². The van der Waals surface area contributed by atoms with Crippen LogP contribution in [0.3, 0.4) is 0 Å². The highest BCUT2D eigenvalue weighted by Crippen LogP contribution is 2.30. The topological polar surface area (TPSA) is 24.4 Å². The maximum Gasteiger partial charge on any atom is 0.133 e. The Morgan fingerprint density at radius 2 is 1.38 bits per heavy atom. The Bertz CT molecular complexity index is 829. The number of hydrogen-bond donors (Lipinski definition) is 1. The first kappa shape index (κ1) is 16.3. The third-order valence-corrected chi connectivity index (χ3v) is 4.20. The van der Waals surface area contributed by atoms with Crippen molar-refractivity contribution in [2.75, 3.05) is 5.32 Å². The maximum atomic E-state index is 5.04. The van der Waals surface area contributed by atoms with E-state index in [1.165, 1.54) is 11.1 Å². The minimum absolute atomic E-state index is 0. The van der Waals surface area contributed by atoms with E-state index in [1.54, 1.807) is 0 Å². The molecule has 3 heteroatoms. The Kier molecular flexibility index (Phi) is 4.97. The smallest absolute Gasteiger partial charge is 0.133 e. The number of anilines is 1. The van der Waals surface area contributed by atoms with Gasteiger partial charge in [-0.1, -0.05) is 78.9 Å². The molecule has 0 amide bonds. The van der Waals surface area contributed by atoms with Crippen LogP contribution in [0.2, 0.25) is 0 Å². The Hall–Kier alpha value is -2.58. The molecule has 0 aliphatic carbocycles. The summed E-state index contributed by atoms with van der Waals surface area (Å²) < 4.78 is 0. The first-order valence-electron chi connectivity index (χ1n) is 7.93. The van der Waals surface area contributed by atoms with Gasteiger partial charge in [0, 0.05) is 17.7 Å². The van der Waals surface area contributed by atoms with Crippen LogP contribution in [0.15, 0.2) is 89.9 Å². The van der Waals surface area contributed by atoms with Crippen LogP contribution < -0.4 is 5.32 Å². The fraction of sp³-hybridized carbons (Fsp3) is 0.0952. The molecule has 0 saturated carbocycles. The first-order valence-corrected chi connectivity index (χ1v) is 7.93. The molecule has 24 heavy (non-hydrogen) atoms. The molecule has 0 bridgehead atoms. The Morgan fingerprint density at radius 1 is 0.750 bits per heavy atom. The van der Waals surface area contributed by atoms with Crippen molar-refractivity contribution in [3.05, 3.63) is 102 Å². The molecule has 1 heterocycles. The minimum atomic E-state index is 0. The maximum absolute atomic E-state index is 5.04. The number of benzene rings is 3. The van der Waals surface area contributed by atoms with Gasteiger partial charge in [-0.25, -0.2) is 0 Å². The van der Waals surface area contributed by atoms with E-state index in [4.69, 9.17) is 4.99 Å². The third kappa shape index (κ3) is 3.34. The third-order valence-electron chi connectivity index (χ3n) is 4.20. The van der Waals surface area contributed by atoms with Crippen LogP contribution in [-0.4, -0.2) is 5.84 Å². The average molecular weight is 335 g/mol. The monoisotopic (exact) mass is 334 g/mol. The van der Waals surface area contributed by atoms with Gasteiger partial charge in [0.05, 0.1) is 6.04 Å². The van der Waals surface area contributed by atoms with Crippen molar-refractivity contribution in [3.8, 4) is 0 Å². The number of amidine groups is 1. The lowest BCUT2D eigenvalue weighted by atomic mass is 9.99. The Labute approximate surface area is 148 Å². The number of nitrogens with one attached hydrogen (secondary N) is 1. The van der Waals surface area contributed by atoms with Crippen molar-refractivity contribution < 1.29 is 0 Å². The summed E-state index contributed by atoms with van der Waals surface area (Å²) in [4.78, 5) is 5.04. The van der Waals surface area contributed by atoms with Crippen LogP contribution in [0.25, 0.3) is 0 Å². The molecule has 0 fully saturated rings. The number of aliphatic imine (C=N–C) groups is 1. The summed E-state index contributed by atoms with van der Waals surface area (Å²) in [5.74, 6) is 0.935. The van der Waals surface area contributed by atoms with Crippen LogP contribution >= 0.6 is 12.4 Å². The van der Waals surface area contributed by atoms with E-state index >= 15 is 0 Å². The highest BCUT2D eigenvalue weighted by atomic mass is 35.5. The summed E-state index contributed by atoms with van der Waals surface area (Å²) in [6.07, 6.45) is 0.906. The van der Waals surface area contributed by atoms with Gasteiger partial charge in [0.1, 0.15) is 5.84 Å². The summed E-state index contributed by atoms with van der Waals surface area (Å²) in [7, 11) is 0. The number of rotatable bonds is 2. The van der Waals surface area contributed by atoms with Gasteiger partial charge < -0.3 is 5.32 Å². The molecule has 1 atom stereocenters. The molecule has 2 nitrogen and oxygen atoms in total. The van der Waals surface area contributed by atoms with Crippen molar-refractivity contribution in [1.82, 2.24) is 0 Å². The molecule has 0 saturated heterocycles. The van der Waals surface area contributed by atoms with Crippen molar-refractivity contribution >= 4 is 23.9 Å². The molecule has 1 unspecified atom stereocenters. The lowest BCUT2D eigenvalue weighted by molar-refractivity contribution is 0.731. The second-order valence-corrected chi connectivity index (χ2v) is 5.76. The summed E-state index contributed by atoms with van der Waals surface area (Å²) in [6.45, 7) is 0. The van der Waals surface area contributed by atoms with E-state index in [2.05, 4.69) is 66.0 Å². The molecule has 1 aliphatic rings. The van der Waals surface area contributed by atoms with Crippen LogP contribution in [0.5, 0.6) is 0 Å². The largest absolute Gasteiger partial charge is 0.340 e. The van der Waals surface area contributed by atoms with E-state index in [9.17, 15) is 0 Å². The molecular weight excluding hydrogens is 316 g/mol. The zero-order chi connectivity index (χ0) is 15.5. The predicted octanol–water partition coefficient (Wildman–Crippen LogP) is 5.26. The standard InChI is InChI=1S/C21H18N2.ClH/c1-3-9-16(10-4-1)20-15-18-13-7-8-14-19(18)22-21(23-20)17-11-5-2-6-12-17;/h1-14,20H,15H2,(H,22,23);1H. The molecular formula is C21H19ClN2. The normalized spacial score (nSPS) is 16.0. The lowest BCUT2D eigenvalue weighted by Crippen LogP contribution is -2.13. The van der Waals surface area contributed by atoms with E-state index in [0.29, 0.717) is 0 Å². The molecule has 120 valence electrons. The zero-order valence-corrected chi connectivity index (χ0v) is 14.0. The van der Waals surface area contributed by atoms with Crippen LogP contribution in [0.4, 0.5) is 5.69 Å². The predicted molar refractivity (Wildman–Crippen MR) is 103 cm³/mol. The van der Waals surface area contributed by atoms with E-state index in [1.807, 2.05) is 24.3 Å². The van der Waals surface area contributed by atoms with Crippen LogP contribution in [0.1, 0.15) is 22.7 Å². The molecule has 0 radical (unpaired) electrons. The fourth-order valence-electron chi connectivity index (χ4n) is 3.00. The van der Waals surface area contributed by atoms with Gasteiger partial charge in [-0.15, -0.1) is 12.4 Å². The second-order valence-electron chi connectivity index (χ2n) is 5.76. The Morgan fingerprint density at radius 3 is 2.12 bits per heavy atom. The molecule has 4 rings (SSSR count). The van der Waals surface area contributed by atoms with Gasteiger partial charge in [-0.05, 0) is 17.2 Å².